The Bertz CT molecular complexity index is 507. The third-order valence-corrected chi connectivity index (χ3v) is 2.96. The minimum absolute atomic E-state index is 0.0853. The van der Waals surface area contributed by atoms with Crippen LogP contribution in [-0.4, -0.2) is 37.8 Å². The largest absolute Gasteiger partial charge is 0.377 e. The Labute approximate surface area is 111 Å². The van der Waals surface area contributed by atoms with Crippen molar-refractivity contribution < 1.29 is 13.2 Å². The molecule has 19 heavy (non-hydrogen) atoms. The summed E-state index contributed by atoms with van der Waals surface area (Å²) in [6.45, 7) is 0.672. The zero-order valence-corrected chi connectivity index (χ0v) is 11.4. The number of nitrogen functional groups attached to an aromatic ring is 1. The van der Waals surface area contributed by atoms with Crippen LogP contribution < -0.4 is 21.7 Å². The highest BCUT2D eigenvalue weighted by Crippen LogP contribution is 2.10. The molecule has 0 saturated carbocycles. The van der Waals surface area contributed by atoms with Crippen LogP contribution in [-0.2, 0) is 21.4 Å². The van der Waals surface area contributed by atoms with Crippen LogP contribution >= 0.6 is 0 Å². The second-order valence-corrected chi connectivity index (χ2v) is 5.51. The molecule has 1 aromatic rings. The van der Waals surface area contributed by atoms with Crippen molar-refractivity contribution in [1.29, 1.82) is 0 Å². The standard InChI is InChI=1S/C9H18N6O3S/c1-18-6-9-13-7(5-8(14-9)15-10)12-3-2-4-19(11,16)17/h5H,2-4,6,10H2,1H3,(H2,11,16,17)(H2,12,13,14,15). The summed E-state index contributed by atoms with van der Waals surface area (Å²) in [6, 6.07) is 1.61. The van der Waals surface area contributed by atoms with Gasteiger partial charge in [0.25, 0.3) is 0 Å². The Morgan fingerprint density at radius 3 is 2.63 bits per heavy atom. The fourth-order valence-electron chi connectivity index (χ4n) is 1.35. The van der Waals surface area contributed by atoms with Crippen LogP contribution in [0.25, 0.3) is 0 Å². The summed E-state index contributed by atoms with van der Waals surface area (Å²) in [5, 5.41) is 7.87. The van der Waals surface area contributed by atoms with Gasteiger partial charge in [0.15, 0.2) is 5.82 Å². The SMILES string of the molecule is COCc1nc(NN)cc(NCCCS(N)(=O)=O)n1. The van der Waals surface area contributed by atoms with E-state index < -0.39 is 10.0 Å². The van der Waals surface area contributed by atoms with Crippen LogP contribution in [0.2, 0.25) is 0 Å². The van der Waals surface area contributed by atoms with Gasteiger partial charge in [-0.3, -0.25) is 0 Å². The third-order valence-electron chi connectivity index (χ3n) is 2.11. The number of nitrogens with two attached hydrogens (primary N) is 2. The predicted octanol–water partition coefficient (Wildman–Crippen LogP) is -1.00. The van der Waals surface area contributed by atoms with Gasteiger partial charge >= 0.3 is 0 Å². The van der Waals surface area contributed by atoms with Crippen LogP contribution in [0.4, 0.5) is 11.6 Å². The number of methoxy groups -OCH3 is 1. The highest BCUT2D eigenvalue weighted by atomic mass is 32.2. The van der Waals surface area contributed by atoms with Gasteiger partial charge in [-0.2, -0.15) is 0 Å². The summed E-state index contributed by atoms with van der Waals surface area (Å²) in [6.07, 6.45) is 0.383. The fourth-order valence-corrected chi connectivity index (χ4v) is 1.89. The van der Waals surface area contributed by atoms with Gasteiger partial charge in [-0.25, -0.2) is 29.4 Å². The third kappa shape index (κ3) is 6.29. The van der Waals surface area contributed by atoms with E-state index in [4.69, 9.17) is 15.7 Å². The van der Waals surface area contributed by atoms with Crippen LogP contribution in [0.15, 0.2) is 6.07 Å². The van der Waals surface area contributed by atoms with Gasteiger partial charge in [0.2, 0.25) is 10.0 Å². The monoisotopic (exact) mass is 290 g/mol. The van der Waals surface area contributed by atoms with Gasteiger partial charge in [0.1, 0.15) is 18.2 Å². The smallest absolute Gasteiger partial charge is 0.209 e. The van der Waals surface area contributed by atoms with Crippen LogP contribution in [0.3, 0.4) is 0 Å². The number of anilines is 2. The molecule has 0 saturated heterocycles. The maximum Gasteiger partial charge on any atom is 0.209 e. The number of ether oxygens (including phenoxy) is 1. The van der Waals surface area contributed by atoms with Gasteiger partial charge in [-0.1, -0.05) is 0 Å². The number of aromatic nitrogens is 2. The molecule has 0 fully saturated rings. The minimum Gasteiger partial charge on any atom is -0.377 e. The number of primary sulfonamides is 1. The van der Waals surface area contributed by atoms with E-state index >= 15 is 0 Å². The van der Waals surface area contributed by atoms with Crippen molar-refractivity contribution in [3.8, 4) is 0 Å². The van der Waals surface area contributed by atoms with E-state index in [2.05, 4.69) is 20.7 Å². The average molecular weight is 290 g/mol. The van der Waals surface area contributed by atoms with Gasteiger partial charge < -0.3 is 15.5 Å². The molecule has 0 aliphatic heterocycles. The fraction of sp³-hybridized carbons (Fsp3) is 0.556. The molecule has 0 unspecified atom stereocenters. The predicted molar refractivity (Wildman–Crippen MR) is 71.6 cm³/mol. The first-order chi connectivity index (χ1) is 8.94. The van der Waals surface area contributed by atoms with Gasteiger partial charge in [0.05, 0.1) is 5.75 Å². The van der Waals surface area contributed by atoms with Crippen LogP contribution in [0.1, 0.15) is 12.2 Å². The zero-order valence-electron chi connectivity index (χ0n) is 10.6. The van der Waals surface area contributed by atoms with Crippen molar-refractivity contribution in [2.75, 3.05) is 30.1 Å². The normalized spacial score (nSPS) is 11.3. The highest BCUT2D eigenvalue weighted by Gasteiger charge is 2.05. The molecular formula is C9H18N6O3S. The van der Waals surface area contributed by atoms with Gasteiger partial charge in [0, 0.05) is 19.7 Å². The van der Waals surface area contributed by atoms with Crippen molar-refractivity contribution in [3.63, 3.8) is 0 Å². The van der Waals surface area contributed by atoms with Crippen molar-refractivity contribution >= 4 is 21.7 Å². The number of hydrazine groups is 1. The number of sulfonamides is 1. The van der Waals surface area contributed by atoms with Crippen molar-refractivity contribution in [3.05, 3.63) is 11.9 Å². The van der Waals surface area contributed by atoms with E-state index in [0.717, 1.165) is 0 Å². The summed E-state index contributed by atoms with van der Waals surface area (Å²) in [5.41, 5.74) is 2.42. The Kier molecular flexibility index (Phi) is 5.89. The molecule has 1 rings (SSSR count). The molecule has 0 aliphatic carbocycles. The Balaban J connectivity index is 2.59. The summed E-state index contributed by atoms with van der Waals surface area (Å²) >= 11 is 0. The minimum atomic E-state index is -3.43. The lowest BCUT2D eigenvalue weighted by Gasteiger charge is -2.09. The summed E-state index contributed by atoms with van der Waals surface area (Å²) in [7, 11) is -1.90. The van der Waals surface area contributed by atoms with E-state index in [1.807, 2.05) is 0 Å². The summed E-state index contributed by atoms with van der Waals surface area (Å²) in [5.74, 6) is 6.64. The molecule has 0 bridgehead atoms. The first kappa shape index (κ1) is 15.6. The summed E-state index contributed by atoms with van der Waals surface area (Å²) in [4.78, 5) is 8.26. The Morgan fingerprint density at radius 2 is 2.05 bits per heavy atom. The Morgan fingerprint density at radius 1 is 1.37 bits per heavy atom. The molecule has 0 spiro atoms. The van der Waals surface area contributed by atoms with Crippen molar-refractivity contribution in [1.82, 2.24) is 9.97 Å². The number of hydrogen-bond donors (Lipinski definition) is 4. The topological polar surface area (TPSA) is 145 Å². The molecule has 1 heterocycles. The number of hydrogen-bond acceptors (Lipinski definition) is 8. The molecule has 1 aromatic heterocycles. The number of rotatable bonds is 8. The molecule has 0 atom stereocenters. The van der Waals surface area contributed by atoms with Gasteiger partial charge in [-0.05, 0) is 6.42 Å². The molecule has 0 aliphatic rings. The average Bonchev–Trinajstić information content (AvgIpc) is 2.34. The van der Waals surface area contributed by atoms with Crippen LogP contribution in [0.5, 0.6) is 0 Å². The number of nitrogens with zero attached hydrogens (tertiary/aromatic N) is 2. The lowest BCUT2D eigenvalue weighted by Crippen LogP contribution is -2.19. The molecule has 0 radical (unpaired) electrons. The van der Waals surface area contributed by atoms with Crippen molar-refractivity contribution in [2.45, 2.75) is 13.0 Å². The second-order valence-electron chi connectivity index (χ2n) is 3.78. The number of nitrogens with one attached hydrogen (secondary N) is 2. The van der Waals surface area contributed by atoms with Crippen LogP contribution in [0, 0.1) is 0 Å². The van der Waals surface area contributed by atoms with Gasteiger partial charge in [-0.15, -0.1) is 0 Å². The van der Waals surface area contributed by atoms with E-state index in [0.29, 0.717) is 30.4 Å². The molecule has 108 valence electrons. The van der Waals surface area contributed by atoms with E-state index in [9.17, 15) is 8.42 Å². The zero-order chi connectivity index (χ0) is 14.3. The quantitative estimate of drug-likeness (QED) is 0.271. The highest BCUT2D eigenvalue weighted by molar-refractivity contribution is 7.89. The second kappa shape index (κ2) is 7.19. The molecule has 9 nitrogen and oxygen atoms in total. The lowest BCUT2D eigenvalue weighted by atomic mass is 10.4. The lowest BCUT2D eigenvalue weighted by molar-refractivity contribution is 0.178. The van der Waals surface area contributed by atoms with E-state index in [1.54, 1.807) is 6.07 Å². The molecule has 0 amide bonds. The molecule has 6 N–H and O–H groups in total. The maximum atomic E-state index is 10.8. The van der Waals surface area contributed by atoms with E-state index in [1.165, 1.54) is 7.11 Å². The van der Waals surface area contributed by atoms with Crippen molar-refractivity contribution in [2.24, 2.45) is 11.0 Å². The molecular weight excluding hydrogens is 272 g/mol. The van der Waals surface area contributed by atoms with E-state index in [-0.39, 0.29) is 12.4 Å². The molecule has 0 aromatic carbocycles. The maximum absolute atomic E-state index is 10.8. The first-order valence-electron chi connectivity index (χ1n) is 5.52. The molecule has 10 heteroatoms. The first-order valence-corrected chi connectivity index (χ1v) is 7.24. The Hall–Kier alpha value is -1.49. The summed E-state index contributed by atoms with van der Waals surface area (Å²) < 4.78 is 26.5.